The van der Waals surface area contributed by atoms with Crippen LogP contribution in [0.25, 0.3) is 0 Å². The fraction of sp³-hybridized carbons (Fsp3) is 0.844. The average Bonchev–Trinajstić information content (AvgIpc) is 3.42. The summed E-state index contributed by atoms with van der Waals surface area (Å²) >= 11 is 0. The van der Waals surface area contributed by atoms with Gasteiger partial charge in [0.2, 0.25) is 17.7 Å². The number of rotatable bonds is 23. The summed E-state index contributed by atoms with van der Waals surface area (Å²) in [4.78, 5) is 38.9. The van der Waals surface area contributed by atoms with E-state index in [2.05, 4.69) is 29.7 Å². The number of hydrogen-bond donors (Lipinski definition) is 4. The van der Waals surface area contributed by atoms with Crippen molar-refractivity contribution in [2.75, 3.05) is 26.2 Å². The van der Waals surface area contributed by atoms with Gasteiger partial charge in [-0.3, -0.25) is 14.4 Å². The van der Waals surface area contributed by atoms with Crippen molar-refractivity contribution in [3.63, 3.8) is 0 Å². The van der Waals surface area contributed by atoms with Gasteiger partial charge >= 0.3 is 0 Å². The zero-order valence-corrected chi connectivity index (χ0v) is 25.7. The molecular formula is C32H59N3O5. The fourth-order valence-corrected chi connectivity index (χ4v) is 5.03. The van der Waals surface area contributed by atoms with Crippen molar-refractivity contribution in [2.45, 2.75) is 142 Å². The van der Waals surface area contributed by atoms with Crippen LogP contribution in [0.15, 0.2) is 12.2 Å². The Labute approximate surface area is 243 Å². The lowest BCUT2D eigenvalue weighted by Crippen LogP contribution is -2.47. The molecule has 2 atom stereocenters. The first-order valence-electron chi connectivity index (χ1n) is 16.0. The van der Waals surface area contributed by atoms with E-state index < -0.39 is 17.4 Å². The van der Waals surface area contributed by atoms with Crippen LogP contribution >= 0.6 is 0 Å². The molecule has 0 aromatic rings. The van der Waals surface area contributed by atoms with Crippen molar-refractivity contribution in [1.82, 2.24) is 15.5 Å². The number of nitrogens with one attached hydrogen (secondary N) is 2. The molecule has 0 radical (unpaired) electrons. The van der Waals surface area contributed by atoms with Gasteiger partial charge in [0, 0.05) is 43.9 Å². The van der Waals surface area contributed by atoms with Gasteiger partial charge in [0.25, 0.3) is 0 Å². The molecule has 0 bridgehead atoms. The van der Waals surface area contributed by atoms with E-state index >= 15 is 0 Å². The Morgan fingerprint density at radius 3 is 2.12 bits per heavy atom. The number of likely N-dealkylation sites (tertiary alicyclic amines) is 1. The number of amides is 3. The monoisotopic (exact) mass is 565 g/mol. The van der Waals surface area contributed by atoms with Gasteiger partial charge in [0.1, 0.15) is 6.10 Å². The Bertz CT molecular complexity index is 740. The zero-order chi connectivity index (χ0) is 29.6. The van der Waals surface area contributed by atoms with Crippen molar-refractivity contribution in [2.24, 2.45) is 5.41 Å². The van der Waals surface area contributed by atoms with Gasteiger partial charge < -0.3 is 25.7 Å². The largest absolute Gasteiger partial charge is 0.396 e. The maximum absolute atomic E-state index is 12.7. The Morgan fingerprint density at radius 1 is 0.900 bits per heavy atom. The van der Waals surface area contributed by atoms with Gasteiger partial charge in [-0.25, -0.2) is 0 Å². The molecule has 40 heavy (non-hydrogen) atoms. The van der Waals surface area contributed by atoms with E-state index in [4.69, 9.17) is 0 Å². The van der Waals surface area contributed by atoms with E-state index in [1.54, 1.807) is 18.7 Å². The molecule has 0 aliphatic carbocycles. The van der Waals surface area contributed by atoms with Crippen LogP contribution in [0.2, 0.25) is 0 Å². The van der Waals surface area contributed by atoms with Crippen molar-refractivity contribution in [3.8, 4) is 0 Å². The molecule has 1 aliphatic rings. The standard InChI is InChI=1S/C32H59N3O5/c1-4-5-6-7-8-9-10-11-12-13-14-15-16-17-18-21-28(37)34-25-27-20-19-24-35(27)29(38)22-23-33-31(40)30(39)32(2,3)26-36/h11-12,27,30,36,39H,4-10,13-26H2,1-3H3,(H,33,40)(H,34,37). The van der Waals surface area contributed by atoms with E-state index in [1.807, 2.05) is 0 Å². The van der Waals surface area contributed by atoms with Crippen molar-refractivity contribution >= 4 is 17.7 Å². The van der Waals surface area contributed by atoms with Crippen molar-refractivity contribution in [1.29, 1.82) is 0 Å². The first-order valence-corrected chi connectivity index (χ1v) is 16.0. The predicted molar refractivity (Wildman–Crippen MR) is 162 cm³/mol. The Morgan fingerprint density at radius 2 is 1.50 bits per heavy atom. The van der Waals surface area contributed by atoms with Crippen LogP contribution in [0.5, 0.6) is 0 Å². The molecule has 0 saturated carbocycles. The van der Waals surface area contributed by atoms with Crippen LogP contribution in [0.4, 0.5) is 0 Å². The quantitative estimate of drug-likeness (QED) is 0.103. The summed E-state index contributed by atoms with van der Waals surface area (Å²) < 4.78 is 0. The topological polar surface area (TPSA) is 119 Å². The van der Waals surface area contributed by atoms with Gasteiger partial charge in [-0.1, -0.05) is 84.3 Å². The Balaban J connectivity index is 2.09. The highest BCUT2D eigenvalue weighted by Crippen LogP contribution is 2.20. The molecule has 0 spiro atoms. The maximum Gasteiger partial charge on any atom is 0.249 e. The SMILES string of the molecule is CCCCCCCCC=CCCCCCCCC(=O)NCC1CCCN1C(=O)CCNC(=O)C(O)C(C)(C)CO. The van der Waals surface area contributed by atoms with Crippen LogP contribution in [0.1, 0.15) is 130 Å². The highest BCUT2D eigenvalue weighted by Gasteiger charge is 2.33. The second-order valence-electron chi connectivity index (χ2n) is 12.1. The third-order valence-electron chi connectivity index (χ3n) is 7.93. The Hall–Kier alpha value is -1.93. The van der Waals surface area contributed by atoms with Crippen LogP contribution in [0.3, 0.4) is 0 Å². The van der Waals surface area contributed by atoms with E-state index in [-0.39, 0.29) is 37.4 Å². The van der Waals surface area contributed by atoms with Crippen LogP contribution in [-0.4, -0.2) is 71.2 Å². The fourth-order valence-electron chi connectivity index (χ4n) is 5.03. The van der Waals surface area contributed by atoms with Gasteiger partial charge in [-0.05, 0) is 44.9 Å². The van der Waals surface area contributed by atoms with Crippen LogP contribution in [-0.2, 0) is 14.4 Å². The molecule has 0 aromatic carbocycles. The number of hydrogen-bond acceptors (Lipinski definition) is 5. The van der Waals surface area contributed by atoms with Crippen molar-refractivity contribution < 1.29 is 24.6 Å². The molecule has 3 amide bonds. The minimum absolute atomic E-state index is 0.0137. The summed E-state index contributed by atoms with van der Waals surface area (Å²) in [6.07, 6.45) is 21.8. The molecule has 1 aliphatic heterocycles. The number of carbonyl (C=O) groups is 3. The molecule has 232 valence electrons. The highest BCUT2D eigenvalue weighted by atomic mass is 16.3. The van der Waals surface area contributed by atoms with Gasteiger partial charge in [-0.2, -0.15) is 0 Å². The number of unbranched alkanes of at least 4 members (excludes halogenated alkanes) is 11. The normalized spacial score (nSPS) is 16.4. The zero-order valence-electron chi connectivity index (χ0n) is 25.7. The molecule has 2 unspecified atom stereocenters. The maximum atomic E-state index is 12.7. The van der Waals surface area contributed by atoms with E-state index in [0.717, 1.165) is 38.5 Å². The summed E-state index contributed by atoms with van der Waals surface area (Å²) in [6, 6.07) is -0.0137. The summed E-state index contributed by atoms with van der Waals surface area (Å²) in [5.74, 6) is -0.609. The van der Waals surface area contributed by atoms with E-state index in [1.165, 1.54) is 57.8 Å². The number of aliphatic hydroxyl groups is 2. The molecule has 4 N–H and O–H groups in total. The summed E-state index contributed by atoms with van der Waals surface area (Å²) in [7, 11) is 0. The Kier molecular flexibility index (Phi) is 19.6. The second-order valence-corrected chi connectivity index (χ2v) is 12.1. The number of nitrogens with zero attached hydrogens (tertiary/aromatic N) is 1. The number of carbonyl (C=O) groups excluding carboxylic acids is 3. The van der Waals surface area contributed by atoms with E-state index in [9.17, 15) is 24.6 Å². The lowest BCUT2D eigenvalue weighted by molar-refractivity contribution is -0.137. The number of aliphatic hydroxyl groups excluding tert-OH is 2. The third kappa shape index (κ3) is 15.8. The van der Waals surface area contributed by atoms with E-state index in [0.29, 0.717) is 19.5 Å². The van der Waals surface area contributed by atoms with Crippen LogP contribution < -0.4 is 10.6 Å². The number of allylic oxidation sites excluding steroid dienone is 2. The van der Waals surface area contributed by atoms with Crippen molar-refractivity contribution in [3.05, 3.63) is 12.2 Å². The first-order chi connectivity index (χ1) is 19.2. The minimum Gasteiger partial charge on any atom is -0.396 e. The lowest BCUT2D eigenvalue weighted by atomic mass is 9.87. The molecule has 1 heterocycles. The summed E-state index contributed by atoms with van der Waals surface area (Å²) in [5, 5.41) is 25.0. The second kappa shape index (κ2) is 21.8. The van der Waals surface area contributed by atoms with Crippen LogP contribution in [0, 0.1) is 5.41 Å². The average molecular weight is 566 g/mol. The smallest absolute Gasteiger partial charge is 0.249 e. The van der Waals surface area contributed by atoms with Gasteiger partial charge in [0.15, 0.2) is 0 Å². The highest BCUT2D eigenvalue weighted by molar-refractivity contribution is 5.82. The molecule has 1 rings (SSSR count). The van der Waals surface area contributed by atoms with Gasteiger partial charge in [-0.15, -0.1) is 0 Å². The summed E-state index contributed by atoms with van der Waals surface area (Å²) in [6.45, 7) is 6.38. The first kappa shape index (κ1) is 36.1. The summed E-state index contributed by atoms with van der Waals surface area (Å²) in [5.41, 5.74) is -0.948. The lowest BCUT2D eigenvalue weighted by Gasteiger charge is -2.27. The molecule has 1 saturated heterocycles. The predicted octanol–water partition coefficient (Wildman–Crippen LogP) is 5.02. The van der Waals surface area contributed by atoms with Gasteiger partial charge in [0.05, 0.1) is 6.61 Å². The third-order valence-corrected chi connectivity index (χ3v) is 7.93. The molecule has 1 fully saturated rings. The molecule has 8 heteroatoms. The molecule has 0 aromatic heterocycles. The molecular weight excluding hydrogens is 506 g/mol. The molecule has 8 nitrogen and oxygen atoms in total. The minimum atomic E-state index is -1.34.